The number of rotatable bonds is 4. The second kappa shape index (κ2) is 7.00. The molecular weight excluding hydrogens is 372 g/mol. The Balaban J connectivity index is 1.76. The predicted octanol–water partition coefficient (Wildman–Crippen LogP) is 2.20. The number of nitrogens with two attached hydrogens (primary N) is 3. The minimum absolute atomic E-state index is 0.0208. The van der Waals surface area contributed by atoms with Crippen molar-refractivity contribution in [2.24, 2.45) is 0 Å². The van der Waals surface area contributed by atoms with Crippen molar-refractivity contribution in [2.75, 3.05) is 17.2 Å². The van der Waals surface area contributed by atoms with Gasteiger partial charge in [-0.3, -0.25) is 10.1 Å². The van der Waals surface area contributed by atoms with Crippen LogP contribution in [0.15, 0.2) is 54.6 Å². The zero-order valence-electron chi connectivity index (χ0n) is 15.1. The molecule has 0 aliphatic heterocycles. The summed E-state index contributed by atoms with van der Waals surface area (Å²) in [7, 11) is 0. The van der Waals surface area contributed by atoms with Gasteiger partial charge in [-0.1, -0.05) is 54.6 Å². The molecule has 0 aliphatic rings. The molecule has 2 aromatic heterocycles. The summed E-state index contributed by atoms with van der Waals surface area (Å²) in [5.74, 6) is 0.208. The van der Waals surface area contributed by atoms with Crippen LogP contribution >= 0.6 is 0 Å². The Morgan fingerprint density at radius 3 is 2.10 bits per heavy atom. The maximum atomic E-state index is 11.6. The van der Waals surface area contributed by atoms with Crippen molar-refractivity contribution in [3.8, 4) is 11.3 Å². The van der Waals surface area contributed by atoms with E-state index in [1.165, 1.54) is 0 Å². The Labute approximate surface area is 164 Å². The summed E-state index contributed by atoms with van der Waals surface area (Å²) < 4.78 is 0. The highest BCUT2D eigenvalue weighted by Crippen LogP contribution is 2.30. The van der Waals surface area contributed by atoms with Crippen LogP contribution < -0.4 is 17.2 Å². The minimum Gasteiger partial charge on any atom is -0.382 e. The van der Waals surface area contributed by atoms with E-state index in [9.17, 15) is 10.1 Å². The van der Waals surface area contributed by atoms with Crippen molar-refractivity contribution in [3.05, 3.63) is 75.8 Å². The van der Waals surface area contributed by atoms with Gasteiger partial charge in [0.2, 0.25) is 5.95 Å². The summed E-state index contributed by atoms with van der Waals surface area (Å²) >= 11 is 0. The molecule has 0 amide bonds. The zero-order chi connectivity index (χ0) is 20.5. The molecule has 2 aromatic carbocycles. The molecule has 0 saturated heterocycles. The maximum absolute atomic E-state index is 11.6. The summed E-state index contributed by atoms with van der Waals surface area (Å²) in [4.78, 5) is 27.8. The number of aromatic nitrogens is 4. The third-order valence-electron chi connectivity index (χ3n) is 4.43. The maximum Gasteiger partial charge on any atom is 0.263 e. The molecule has 0 saturated carbocycles. The van der Waals surface area contributed by atoms with E-state index in [4.69, 9.17) is 17.2 Å². The monoisotopic (exact) mass is 388 g/mol. The lowest BCUT2D eigenvalue weighted by Crippen LogP contribution is -2.12. The summed E-state index contributed by atoms with van der Waals surface area (Å²) in [6.45, 7) is 0. The third-order valence-corrected chi connectivity index (χ3v) is 4.43. The number of nitrogen functional groups attached to an aromatic ring is 3. The van der Waals surface area contributed by atoms with Gasteiger partial charge in [0.05, 0.1) is 0 Å². The van der Waals surface area contributed by atoms with Crippen molar-refractivity contribution >= 4 is 28.7 Å². The van der Waals surface area contributed by atoms with Crippen LogP contribution in [-0.2, 0) is 0 Å². The molecule has 0 aliphatic carbocycles. The Morgan fingerprint density at radius 1 is 0.793 bits per heavy atom. The number of hydrogen-bond acceptors (Lipinski definition) is 9. The van der Waals surface area contributed by atoms with E-state index >= 15 is 0 Å². The largest absolute Gasteiger partial charge is 0.382 e. The first-order valence-electron chi connectivity index (χ1n) is 8.59. The molecule has 1 unspecified atom stereocenters. The van der Waals surface area contributed by atoms with Crippen LogP contribution in [0.4, 0.5) is 17.6 Å². The van der Waals surface area contributed by atoms with E-state index in [0.29, 0.717) is 22.4 Å². The molecule has 0 spiro atoms. The van der Waals surface area contributed by atoms with Gasteiger partial charge in [-0.2, -0.15) is 9.97 Å². The van der Waals surface area contributed by atoms with Crippen LogP contribution in [0.25, 0.3) is 22.4 Å². The Morgan fingerprint density at radius 2 is 1.45 bits per heavy atom. The Kier molecular flexibility index (Phi) is 4.36. The van der Waals surface area contributed by atoms with Crippen molar-refractivity contribution in [1.29, 1.82) is 0 Å². The SMILES string of the molecule is Nc1nc(N)c2nc(-c3ccc(C(c4ccccc4)[N+](=O)[O-])cc3)c(N)nc2n1. The molecule has 10 nitrogen and oxygen atoms in total. The lowest BCUT2D eigenvalue weighted by Gasteiger charge is -2.11. The van der Waals surface area contributed by atoms with E-state index < -0.39 is 6.04 Å². The highest BCUT2D eigenvalue weighted by molar-refractivity contribution is 5.87. The van der Waals surface area contributed by atoms with Crippen LogP contribution in [0.3, 0.4) is 0 Å². The fourth-order valence-corrected chi connectivity index (χ4v) is 3.11. The summed E-state index contributed by atoms with van der Waals surface area (Å²) in [6, 6.07) is 14.6. The van der Waals surface area contributed by atoms with Gasteiger partial charge in [0, 0.05) is 21.6 Å². The molecule has 0 fully saturated rings. The van der Waals surface area contributed by atoms with E-state index in [2.05, 4.69) is 19.9 Å². The van der Waals surface area contributed by atoms with Crippen molar-refractivity contribution in [1.82, 2.24) is 19.9 Å². The quantitative estimate of drug-likeness (QED) is 0.350. The molecule has 4 aromatic rings. The summed E-state index contributed by atoms with van der Waals surface area (Å²) in [6.07, 6.45) is 0. The van der Waals surface area contributed by atoms with Crippen molar-refractivity contribution < 1.29 is 4.92 Å². The van der Waals surface area contributed by atoms with Crippen molar-refractivity contribution in [3.63, 3.8) is 0 Å². The number of benzene rings is 2. The Hall–Kier alpha value is -4.34. The average molecular weight is 388 g/mol. The first kappa shape index (κ1) is 18.0. The van der Waals surface area contributed by atoms with Gasteiger partial charge in [-0.15, -0.1) is 0 Å². The fraction of sp³-hybridized carbons (Fsp3) is 0.0526. The summed E-state index contributed by atoms with van der Waals surface area (Å²) in [5, 5.41) is 11.6. The van der Waals surface area contributed by atoms with Crippen LogP contribution in [0.1, 0.15) is 17.2 Å². The highest BCUT2D eigenvalue weighted by Gasteiger charge is 2.25. The standard InChI is InChI=1S/C19H16N8O2/c20-16-13(23-14-17(21)25-19(22)26-18(14)24-16)10-6-8-12(9-7-10)15(27(28)29)11-4-2-1-3-5-11/h1-9,15H,(H6,20,21,22,24,25,26). The number of nitro groups is 1. The first-order chi connectivity index (χ1) is 13.9. The molecule has 10 heteroatoms. The van der Waals surface area contributed by atoms with Crippen LogP contribution in [-0.4, -0.2) is 24.9 Å². The molecule has 1 atom stereocenters. The number of nitrogens with zero attached hydrogens (tertiary/aromatic N) is 5. The second-order valence-electron chi connectivity index (χ2n) is 6.32. The number of anilines is 3. The third kappa shape index (κ3) is 3.34. The molecule has 2 heterocycles. The van der Waals surface area contributed by atoms with Gasteiger partial charge >= 0.3 is 0 Å². The van der Waals surface area contributed by atoms with Gasteiger partial charge in [-0.05, 0) is 0 Å². The van der Waals surface area contributed by atoms with Gasteiger partial charge in [0.15, 0.2) is 22.8 Å². The van der Waals surface area contributed by atoms with Crippen LogP contribution in [0, 0.1) is 10.1 Å². The molecule has 29 heavy (non-hydrogen) atoms. The molecule has 144 valence electrons. The average Bonchev–Trinajstić information content (AvgIpc) is 2.69. The van der Waals surface area contributed by atoms with Crippen LogP contribution in [0.2, 0.25) is 0 Å². The van der Waals surface area contributed by atoms with E-state index in [-0.39, 0.29) is 33.7 Å². The molecule has 6 N–H and O–H groups in total. The first-order valence-corrected chi connectivity index (χ1v) is 8.59. The topological polar surface area (TPSA) is 173 Å². The second-order valence-corrected chi connectivity index (χ2v) is 6.32. The van der Waals surface area contributed by atoms with Crippen LogP contribution in [0.5, 0.6) is 0 Å². The minimum atomic E-state index is -0.975. The summed E-state index contributed by atoms with van der Waals surface area (Å²) in [5.41, 5.74) is 20.1. The van der Waals surface area contributed by atoms with Gasteiger partial charge in [-0.25, -0.2) is 9.97 Å². The molecule has 4 rings (SSSR count). The van der Waals surface area contributed by atoms with Gasteiger partial charge in [0.1, 0.15) is 5.69 Å². The van der Waals surface area contributed by atoms with Crippen molar-refractivity contribution in [2.45, 2.75) is 6.04 Å². The van der Waals surface area contributed by atoms with E-state index in [0.717, 1.165) is 0 Å². The van der Waals surface area contributed by atoms with Gasteiger partial charge < -0.3 is 17.2 Å². The fourth-order valence-electron chi connectivity index (χ4n) is 3.11. The van der Waals surface area contributed by atoms with E-state index in [1.807, 2.05) is 6.07 Å². The predicted molar refractivity (Wildman–Crippen MR) is 109 cm³/mol. The van der Waals surface area contributed by atoms with Gasteiger partial charge in [0.25, 0.3) is 6.04 Å². The Bertz CT molecular complexity index is 1210. The molecule has 0 radical (unpaired) electrons. The molecular formula is C19H16N8O2. The smallest absolute Gasteiger partial charge is 0.263 e. The lowest BCUT2D eigenvalue weighted by atomic mass is 9.98. The number of hydrogen-bond donors (Lipinski definition) is 3. The highest BCUT2D eigenvalue weighted by atomic mass is 16.6. The lowest BCUT2D eigenvalue weighted by molar-refractivity contribution is -0.517. The van der Waals surface area contributed by atoms with E-state index in [1.54, 1.807) is 48.5 Å². The molecule has 0 bridgehead atoms. The number of fused-ring (bicyclic) bond motifs is 1. The zero-order valence-corrected chi connectivity index (χ0v) is 15.1. The normalized spacial score (nSPS) is 12.0.